The number of nitrogens with one attached hydrogen (secondary N) is 1. The average molecular weight is 323 g/mol. The number of hydrogen-bond acceptors (Lipinski definition) is 3. The van der Waals surface area contributed by atoms with E-state index in [-0.39, 0.29) is 6.54 Å². The number of hydrogen-bond donors (Lipinski definition) is 3. The first-order valence-electron chi connectivity index (χ1n) is 4.56. The van der Waals surface area contributed by atoms with E-state index in [2.05, 4.69) is 21.2 Å². The van der Waals surface area contributed by atoms with Crippen molar-refractivity contribution < 1.29 is 19.8 Å². The van der Waals surface area contributed by atoms with Crippen LogP contribution in [-0.4, -0.2) is 34.7 Å². The van der Waals surface area contributed by atoms with Crippen molar-refractivity contribution in [2.24, 2.45) is 0 Å². The molecule has 1 aromatic rings. The van der Waals surface area contributed by atoms with Crippen LogP contribution in [0, 0.1) is 0 Å². The van der Waals surface area contributed by atoms with Crippen molar-refractivity contribution >= 4 is 39.4 Å². The molecule has 0 radical (unpaired) electrons. The predicted octanol–water partition coefficient (Wildman–Crippen LogP) is 1.28. The maximum Gasteiger partial charge on any atom is 0.334 e. The quantitative estimate of drug-likeness (QED) is 0.779. The minimum absolute atomic E-state index is 0.318. The van der Waals surface area contributed by atoms with Crippen LogP contribution >= 0.6 is 27.5 Å². The molecule has 7 heteroatoms. The van der Waals surface area contributed by atoms with Crippen LogP contribution in [0.1, 0.15) is 10.4 Å². The van der Waals surface area contributed by atoms with E-state index in [4.69, 9.17) is 21.8 Å². The van der Waals surface area contributed by atoms with Gasteiger partial charge < -0.3 is 15.5 Å². The van der Waals surface area contributed by atoms with Crippen molar-refractivity contribution in [3.05, 3.63) is 33.3 Å². The van der Waals surface area contributed by atoms with Gasteiger partial charge in [-0.2, -0.15) is 0 Å². The van der Waals surface area contributed by atoms with Gasteiger partial charge in [-0.25, -0.2) is 4.79 Å². The fourth-order valence-electron chi connectivity index (χ4n) is 1.02. The minimum Gasteiger partial charge on any atom is -0.479 e. The van der Waals surface area contributed by atoms with Gasteiger partial charge in [-0.3, -0.25) is 4.79 Å². The number of carboxylic acids is 1. The molecule has 0 aliphatic carbocycles. The Morgan fingerprint density at radius 2 is 2.12 bits per heavy atom. The molecule has 17 heavy (non-hydrogen) atoms. The lowest BCUT2D eigenvalue weighted by molar-refractivity contribution is -0.146. The summed E-state index contributed by atoms with van der Waals surface area (Å²) in [7, 11) is 0. The van der Waals surface area contributed by atoms with Gasteiger partial charge in [0.1, 0.15) is 0 Å². The van der Waals surface area contributed by atoms with Gasteiger partial charge in [-0.1, -0.05) is 11.6 Å². The van der Waals surface area contributed by atoms with E-state index in [1.807, 2.05) is 0 Å². The van der Waals surface area contributed by atoms with Crippen LogP contribution < -0.4 is 5.32 Å². The number of benzene rings is 1. The van der Waals surface area contributed by atoms with E-state index in [1.54, 1.807) is 0 Å². The Morgan fingerprint density at radius 1 is 1.47 bits per heavy atom. The molecule has 0 heterocycles. The molecular formula is C10H9BrClNO4. The van der Waals surface area contributed by atoms with E-state index in [9.17, 15) is 9.59 Å². The summed E-state index contributed by atoms with van der Waals surface area (Å²) in [6.45, 7) is -0.353. The molecule has 0 spiro atoms. The molecule has 1 unspecified atom stereocenters. The van der Waals surface area contributed by atoms with Crippen LogP contribution in [0.3, 0.4) is 0 Å². The van der Waals surface area contributed by atoms with Gasteiger partial charge in [0.05, 0.1) is 11.6 Å². The average Bonchev–Trinajstić information content (AvgIpc) is 2.28. The van der Waals surface area contributed by atoms with Crippen molar-refractivity contribution in [1.82, 2.24) is 5.32 Å². The lowest BCUT2D eigenvalue weighted by atomic mass is 10.2. The normalized spacial score (nSPS) is 11.9. The zero-order chi connectivity index (χ0) is 13.0. The summed E-state index contributed by atoms with van der Waals surface area (Å²) < 4.78 is 0.561. The lowest BCUT2D eigenvalue weighted by Gasteiger charge is -2.08. The fourth-order valence-corrected chi connectivity index (χ4v) is 1.51. The van der Waals surface area contributed by atoms with Gasteiger partial charge in [0.25, 0.3) is 5.91 Å². The van der Waals surface area contributed by atoms with Crippen LogP contribution in [0.2, 0.25) is 5.02 Å². The Hall–Kier alpha value is -1.11. The Kier molecular flexibility index (Phi) is 4.92. The van der Waals surface area contributed by atoms with Gasteiger partial charge >= 0.3 is 5.97 Å². The molecule has 1 aromatic carbocycles. The molecule has 1 atom stereocenters. The molecule has 0 bridgehead atoms. The first-order chi connectivity index (χ1) is 7.91. The summed E-state index contributed by atoms with van der Waals surface area (Å²) in [5.74, 6) is -1.87. The van der Waals surface area contributed by atoms with Crippen molar-refractivity contribution in [1.29, 1.82) is 0 Å². The van der Waals surface area contributed by atoms with E-state index < -0.39 is 18.0 Å². The summed E-state index contributed by atoms with van der Waals surface area (Å²) in [5, 5.41) is 20.2. The molecule has 0 saturated heterocycles. The second-order valence-corrected chi connectivity index (χ2v) is 4.45. The Bertz CT molecular complexity index is 452. The number of carboxylic acid groups (broad SMARTS) is 1. The maximum absolute atomic E-state index is 11.6. The van der Waals surface area contributed by atoms with Crippen LogP contribution in [0.25, 0.3) is 0 Å². The first kappa shape index (κ1) is 14.0. The molecule has 0 saturated carbocycles. The number of amides is 1. The molecule has 0 fully saturated rings. The fraction of sp³-hybridized carbons (Fsp3) is 0.200. The van der Waals surface area contributed by atoms with E-state index in [0.29, 0.717) is 15.1 Å². The van der Waals surface area contributed by atoms with E-state index in [0.717, 1.165) is 0 Å². The number of rotatable bonds is 4. The monoisotopic (exact) mass is 321 g/mol. The summed E-state index contributed by atoms with van der Waals surface area (Å²) >= 11 is 8.92. The molecule has 0 aromatic heterocycles. The highest BCUT2D eigenvalue weighted by Crippen LogP contribution is 2.23. The topological polar surface area (TPSA) is 86.6 Å². The Balaban J connectivity index is 2.64. The summed E-state index contributed by atoms with van der Waals surface area (Å²) in [5.41, 5.74) is 0.318. The third-order valence-corrected chi connectivity index (χ3v) is 3.14. The Labute approximate surface area is 111 Å². The number of carbonyl (C=O) groups excluding carboxylic acids is 1. The highest BCUT2D eigenvalue weighted by atomic mass is 79.9. The zero-order valence-corrected chi connectivity index (χ0v) is 10.8. The smallest absolute Gasteiger partial charge is 0.334 e. The van der Waals surface area contributed by atoms with E-state index in [1.165, 1.54) is 18.2 Å². The lowest BCUT2D eigenvalue weighted by Crippen LogP contribution is -2.36. The predicted molar refractivity (Wildman–Crippen MR) is 65.1 cm³/mol. The summed E-state index contributed by atoms with van der Waals surface area (Å²) in [4.78, 5) is 21.9. The van der Waals surface area contributed by atoms with Gasteiger partial charge in [-0.15, -0.1) is 0 Å². The van der Waals surface area contributed by atoms with Crippen molar-refractivity contribution in [3.63, 3.8) is 0 Å². The van der Waals surface area contributed by atoms with Crippen LogP contribution in [0.5, 0.6) is 0 Å². The highest BCUT2D eigenvalue weighted by molar-refractivity contribution is 9.10. The third-order valence-electron chi connectivity index (χ3n) is 1.92. The summed E-state index contributed by atoms with van der Waals surface area (Å²) in [6, 6.07) is 4.54. The van der Waals surface area contributed by atoms with Crippen molar-refractivity contribution in [3.8, 4) is 0 Å². The highest BCUT2D eigenvalue weighted by Gasteiger charge is 2.15. The first-order valence-corrected chi connectivity index (χ1v) is 5.73. The largest absolute Gasteiger partial charge is 0.479 e. The standard InChI is InChI=1S/C10H9BrClNO4/c11-6-3-5(1-2-7(6)12)9(15)13-4-8(14)10(16)17/h1-3,8,14H,4H2,(H,13,15)(H,16,17). The van der Waals surface area contributed by atoms with Crippen LogP contribution in [0.4, 0.5) is 0 Å². The molecule has 1 amide bonds. The maximum atomic E-state index is 11.6. The van der Waals surface area contributed by atoms with Gasteiger partial charge in [-0.05, 0) is 34.1 Å². The molecule has 92 valence electrons. The molecule has 3 N–H and O–H groups in total. The van der Waals surface area contributed by atoms with Gasteiger partial charge in [0.2, 0.25) is 0 Å². The number of halogens is 2. The second kappa shape index (κ2) is 6.00. The molecule has 0 aliphatic heterocycles. The van der Waals surface area contributed by atoms with Crippen molar-refractivity contribution in [2.75, 3.05) is 6.54 Å². The van der Waals surface area contributed by atoms with Gasteiger partial charge in [0.15, 0.2) is 6.10 Å². The molecule has 5 nitrogen and oxygen atoms in total. The van der Waals surface area contributed by atoms with E-state index >= 15 is 0 Å². The minimum atomic E-state index is -1.62. The zero-order valence-electron chi connectivity index (χ0n) is 8.48. The number of aliphatic carboxylic acids is 1. The van der Waals surface area contributed by atoms with Crippen LogP contribution in [0.15, 0.2) is 22.7 Å². The Morgan fingerprint density at radius 3 is 2.65 bits per heavy atom. The number of carbonyl (C=O) groups is 2. The SMILES string of the molecule is O=C(NCC(O)C(=O)O)c1ccc(Cl)c(Br)c1. The van der Waals surface area contributed by atoms with Crippen LogP contribution in [-0.2, 0) is 4.79 Å². The molecule has 0 aliphatic rings. The van der Waals surface area contributed by atoms with Gasteiger partial charge in [0, 0.05) is 10.0 Å². The molecule has 1 rings (SSSR count). The van der Waals surface area contributed by atoms with Crippen molar-refractivity contribution in [2.45, 2.75) is 6.10 Å². The molecular weight excluding hydrogens is 313 g/mol. The second-order valence-electron chi connectivity index (χ2n) is 3.19. The number of aliphatic hydroxyl groups excluding tert-OH is 1. The third kappa shape index (κ3) is 3.99. The summed E-state index contributed by atoms with van der Waals surface area (Å²) in [6.07, 6.45) is -1.62. The number of aliphatic hydroxyl groups is 1.